The molecule has 4 heterocycles. The first-order valence-corrected chi connectivity index (χ1v) is 13.3. The largest absolute Gasteiger partial charge is 0.462 e. The summed E-state index contributed by atoms with van der Waals surface area (Å²) in [5, 5.41) is 4.17. The lowest BCUT2D eigenvalue weighted by atomic mass is 9.90. The zero-order chi connectivity index (χ0) is 24.6. The number of rotatable bonds is 6. The van der Waals surface area contributed by atoms with E-state index in [1.54, 1.807) is 22.3 Å². The number of imidazole rings is 1. The predicted octanol–water partition coefficient (Wildman–Crippen LogP) is 5.19. The maximum atomic E-state index is 15.7. The molecule has 0 aliphatic carbocycles. The van der Waals surface area contributed by atoms with Gasteiger partial charge in [0.2, 0.25) is 0 Å². The topological polar surface area (TPSA) is 50.6 Å². The van der Waals surface area contributed by atoms with E-state index < -0.39 is 5.67 Å². The van der Waals surface area contributed by atoms with E-state index in [-0.39, 0.29) is 36.7 Å². The van der Waals surface area contributed by atoms with Crippen LogP contribution in [0.5, 0.6) is 6.01 Å². The van der Waals surface area contributed by atoms with Crippen LogP contribution in [0.2, 0.25) is 0 Å². The van der Waals surface area contributed by atoms with Crippen molar-refractivity contribution in [2.45, 2.75) is 63.9 Å². The number of nitrogens with zero attached hydrogens (tertiary/aromatic N) is 4. The van der Waals surface area contributed by atoms with Gasteiger partial charge in [-0.3, -0.25) is 14.3 Å². The van der Waals surface area contributed by atoms with Crippen molar-refractivity contribution < 1.29 is 18.3 Å². The molecule has 2 saturated heterocycles. The van der Waals surface area contributed by atoms with Gasteiger partial charge in [0, 0.05) is 57.7 Å². The molecule has 0 atom stereocenters. The second-order valence-corrected chi connectivity index (χ2v) is 10.7. The first kappa shape index (κ1) is 24.2. The van der Waals surface area contributed by atoms with Crippen LogP contribution in [0, 0.1) is 5.82 Å². The number of likely N-dealkylation sites (tertiary alicyclic amines) is 2. The highest BCUT2D eigenvalue weighted by molar-refractivity contribution is 7.07. The number of fused-ring (bicyclic) bond motifs is 1. The molecule has 5 rings (SSSR count). The number of hydrogen-bond acceptors (Lipinski definition) is 5. The SMILES string of the molecule is CC(C)Oc1nc2cc(F)ccc2n1C1CCN(C(=O)C2(F)CCN(Cc3ccsc3)CC2)CC1. The summed E-state index contributed by atoms with van der Waals surface area (Å²) in [6, 6.07) is 7.17. The standard InChI is InChI=1S/C26H32F2N4O2S/c1-18(2)34-25-29-22-15-20(27)3-4-23(22)32(25)21-5-10-31(11-6-21)24(33)26(28)8-12-30(13-9-26)16-19-7-14-35-17-19/h3-4,7,14-15,17-18,21H,5-6,8-13,16H2,1-2H3. The van der Waals surface area contributed by atoms with Crippen LogP contribution in [-0.2, 0) is 11.3 Å². The Hall–Kier alpha value is -2.52. The molecule has 0 N–H and O–H groups in total. The van der Waals surface area contributed by atoms with Gasteiger partial charge in [-0.1, -0.05) is 0 Å². The third-order valence-corrected chi connectivity index (χ3v) is 7.83. The van der Waals surface area contributed by atoms with Crippen molar-refractivity contribution in [3.05, 3.63) is 46.4 Å². The van der Waals surface area contributed by atoms with Crippen molar-refractivity contribution in [1.29, 1.82) is 0 Å². The van der Waals surface area contributed by atoms with E-state index in [1.807, 2.05) is 18.4 Å². The molecule has 3 aromatic rings. The summed E-state index contributed by atoms with van der Waals surface area (Å²) in [7, 11) is 0. The van der Waals surface area contributed by atoms with E-state index in [0.29, 0.717) is 50.5 Å². The Morgan fingerprint density at radius 2 is 1.94 bits per heavy atom. The monoisotopic (exact) mass is 502 g/mol. The Bertz CT molecular complexity index is 1160. The van der Waals surface area contributed by atoms with Gasteiger partial charge in [-0.25, -0.2) is 8.78 Å². The number of thiophene rings is 1. The smallest absolute Gasteiger partial charge is 0.297 e. The van der Waals surface area contributed by atoms with E-state index >= 15 is 4.39 Å². The molecule has 0 radical (unpaired) electrons. The Morgan fingerprint density at radius 1 is 1.20 bits per heavy atom. The van der Waals surface area contributed by atoms with E-state index in [4.69, 9.17) is 4.74 Å². The minimum Gasteiger partial charge on any atom is -0.462 e. The van der Waals surface area contributed by atoms with Crippen molar-refractivity contribution in [1.82, 2.24) is 19.4 Å². The quantitative estimate of drug-likeness (QED) is 0.465. The van der Waals surface area contributed by atoms with Crippen LogP contribution in [0.1, 0.15) is 51.1 Å². The van der Waals surface area contributed by atoms with Gasteiger partial charge in [0.1, 0.15) is 5.82 Å². The Kier molecular flexibility index (Phi) is 6.81. The average Bonchev–Trinajstić information content (AvgIpc) is 3.47. The molecule has 1 aromatic carbocycles. The van der Waals surface area contributed by atoms with Gasteiger partial charge in [0.25, 0.3) is 11.9 Å². The van der Waals surface area contributed by atoms with Gasteiger partial charge in [-0.05, 0) is 61.2 Å². The fraction of sp³-hybridized carbons (Fsp3) is 0.538. The van der Waals surface area contributed by atoms with Crippen LogP contribution in [0.3, 0.4) is 0 Å². The molecule has 1 amide bonds. The second-order valence-electron chi connectivity index (χ2n) is 9.96. The van der Waals surface area contributed by atoms with Crippen LogP contribution in [0.25, 0.3) is 11.0 Å². The third-order valence-electron chi connectivity index (χ3n) is 7.10. The van der Waals surface area contributed by atoms with E-state index in [1.165, 1.54) is 17.7 Å². The van der Waals surface area contributed by atoms with Crippen molar-refractivity contribution in [2.24, 2.45) is 0 Å². The van der Waals surface area contributed by atoms with Crippen LogP contribution >= 0.6 is 11.3 Å². The molecular weight excluding hydrogens is 470 g/mol. The van der Waals surface area contributed by atoms with E-state index in [0.717, 1.165) is 12.1 Å². The number of piperidine rings is 2. The van der Waals surface area contributed by atoms with Gasteiger partial charge in [-0.2, -0.15) is 16.3 Å². The third kappa shape index (κ3) is 5.07. The van der Waals surface area contributed by atoms with Gasteiger partial charge in [0.05, 0.1) is 17.1 Å². The van der Waals surface area contributed by atoms with E-state index in [9.17, 15) is 9.18 Å². The summed E-state index contributed by atoms with van der Waals surface area (Å²) in [5.74, 6) is -0.712. The summed E-state index contributed by atoms with van der Waals surface area (Å²) in [5.41, 5.74) is 0.816. The molecule has 188 valence electrons. The van der Waals surface area contributed by atoms with Crippen LogP contribution in [0.4, 0.5) is 8.78 Å². The maximum Gasteiger partial charge on any atom is 0.297 e. The molecule has 2 fully saturated rings. The molecule has 0 spiro atoms. The summed E-state index contributed by atoms with van der Waals surface area (Å²) in [4.78, 5) is 21.6. The fourth-order valence-corrected chi connectivity index (χ4v) is 5.89. The molecule has 9 heteroatoms. The summed E-state index contributed by atoms with van der Waals surface area (Å²) >= 11 is 1.66. The summed E-state index contributed by atoms with van der Waals surface area (Å²) in [6.45, 7) is 6.80. The van der Waals surface area contributed by atoms with Crippen molar-refractivity contribution in [2.75, 3.05) is 26.2 Å². The number of amides is 1. The molecule has 0 unspecified atom stereocenters. The lowest BCUT2D eigenvalue weighted by Crippen LogP contribution is -2.53. The molecular formula is C26H32F2N4O2S. The van der Waals surface area contributed by atoms with Crippen LogP contribution in [-0.4, -0.2) is 63.2 Å². The molecule has 2 aliphatic heterocycles. The number of carbonyl (C=O) groups is 1. The Labute approximate surface area is 208 Å². The first-order valence-electron chi connectivity index (χ1n) is 12.4. The molecule has 0 bridgehead atoms. The zero-order valence-electron chi connectivity index (χ0n) is 20.3. The van der Waals surface area contributed by atoms with Gasteiger partial charge < -0.3 is 9.64 Å². The summed E-state index contributed by atoms with van der Waals surface area (Å²) < 4.78 is 37.5. The molecule has 35 heavy (non-hydrogen) atoms. The number of ether oxygens (including phenoxy) is 1. The molecule has 2 aromatic heterocycles. The Morgan fingerprint density at radius 3 is 2.60 bits per heavy atom. The predicted molar refractivity (Wildman–Crippen MR) is 133 cm³/mol. The Balaban J connectivity index is 1.23. The lowest BCUT2D eigenvalue weighted by Gasteiger charge is -2.40. The van der Waals surface area contributed by atoms with Crippen molar-refractivity contribution in [3.63, 3.8) is 0 Å². The normalized spacial score (nSPS) is 19.5. The van der Waals surface area contributed by atoms with Gasteiger partial charge in [-0.15, -0.1) is 0 Å². The number of carbonyl (C=O) groups excluding carboxylic acids is 1. The molecule has 2 aliphatic rings. The zero-order valence-corrected chi connectivity index (χ0v) is 21.1. The van der Waals surface area contributed by atoms with Crippen LogP contribution in [0.15, 0.2) is 35.0 Å². The van der Waals surface area contributed by atoms with Crippen LogP contribution < -0.4 is 4.74 Å². The van der Waals surface area contributed by atoms with E-state index in [2.05, 4.69) is 26.7 Å². The highest BCUT2D eigenvalue weighted by Gasteiger charge is 2.45. The highest BCUT2D eigenvalue weighted by atomic mass is 32.1. The fourth-order valence-electron chi connectivity index (χ4n) is 5.23. The van der Waals surface area contributed by atoms with Gasteiger partial charge >= 0.3 is 0 Å². The van der Waals surface area contributed by atoms with Gasteiger partial charge in [0.15, 0.2) is 5.67 Å². The van der Waals surface area contributed by atoms with Crippen molar-refractivity contribution >= 4 is 28.3 Å². The second kappa shape index (κ2) is 9.85. The number of alkyl halides is 1. The average molecular weight is 503 g/mol. The molecule has 0 saturated carbocycles. The minimum absolute atomic E-state index is 0.0475. The summed E-state index contributed by atoms with van der Waals surface area (Å²) in [6.07, 6.45) is 1.74. The molecule has 6 nitrogen and oxygen atoms in total. The lowest BCUT2D eigenvalue weighted by molar-refractivity contribution is -0.148. The highest BCUT2D eigenvalue weighted by Crippen LogP contribution is 2.35. The minimum atomic E-state index is -1.79. The number of halogens is 2. The number of aromatic nitrogens is 2. The number of benzene rings is 1. The first-order chi connectivity index (χ1) is 16.8. The van der Waals surface area contributed by atoms with Crippen molar-refractivity contribution in [3.8, 4) is 6.01 Å². The maximum absolute atomic E-state index is 15.7. The number of hydrogen-bond donors (Lipinski definition) is 0.